The summed E-state index contributed by atoms with van der Waals surface area (Å²) in [6.07, 6.45) is 5.40. The highest BCUT2D eigenvalue weighted by molar-refractivity contribution is 6.14. The van der Waals surface area contributed by atoms with Crippen molar-refractivity contribution in [3.8, 4) is 0 Å². The van der Waals surface area contributed by atoms with Gasteiger partial charge in [-0.25, -0.2) is 0 Å². The summed E-state index contributed by atoms with van der Waals surface area (Å²) in [5.74, 6) is -1.45. The van der Waals surface area contributed by atoms with Crippen molar-refractivity contribution in [2.75, 3.05) is 39.4 Å². The average Bonchev–Trinajstić information content (AvgIpc) is 3.38. The molecule has 2 aromatic rings. The highest BCUT2D eigenvalue weighted by Gasteiger charge is 2.44. The molecule has 2 aliphatic heterocycles. The van der Waals surface area contributed by atoms with Crippen LogP contribution in [0.15, 0.2) is 58.7 Å². The van der Waals surface area contributed by atoms with E-state index in [0.717, 1.165) is 39.3 Å². The zero-order chi connectivity index (χ0) is 20.2. The number of nitrogens with zero attached hydrogens (tertiary/aromatic N) is 2. The summed E-state index contributed by atoms with van der Waals surface area (Å²) in [5.41, 5.74) is 0.718. The molecule has 152 valence electrons. The number of aromatic nitrogens is 1. The first-order valence-electron chi connectivity index (χ1n) is 9.80. The molecule has 2 aliphatic rings. The van der Waals surface area contributed by atoms with E-state index in [2.05, 4.69) is 4.98 Å². The van der Waals surface area contributed by atoms with Gasteiger partial charge in [-0.3, -0.25) is 14.6 Å². The van der Waals surface area contributed by atoms with Crippen LogP contribution in [0, 0.1) is 0 Å². The molecule has 4 rings (SSSR count). The standard InChI is InChI=1S/C21H23N3O5/c25-19(16-5-2-11-29-16)17-18(15-4-1-6-22-14-15)24(21(27)20(17)26)8-3-7-23-9-12-28-13-10-23/h1-2,4-6,11,14,18,26H,3,7-10,12-13H2/p+1/t18-/m0/s1. The van der Waals surface area contributed by atoms with Crippen LogP contribution in [0.3, 0.4) is 0 Å². The molecule has 2 aromatic heterocycles. The Bertz CT molecular complexity index is 888. The predicted octanol–water partition coefficient (Wildman–Crippen LogP) is 0.558. The quantitative estimate of drug-likeness (QED) is 0.662. The molecule has 4 heterocycles. The van der Waals surface area contributed by atoms with Crippen molar-refractivity contribution in [3.05, 3.63) is 65.6 Å². The van der Waals surface area contributed by atoms with Gasteiger partial charge in [0.1, 0.15) is 13.1 Å². The SMILES string of the molecule is O=C(C1=C(O)C(=O)N(CCC[NH+]2CCOCC2)[C@H]1c1cccnc1)c1ccco1. The Balaban J connectivity index is 1.57. The van der Waals surface area contributed by atoms with Gasteiger partial charge in [-0.2, -0.15) is 0 Å². The van der Waals surface area contributed by atoms with Crippen LogP contribution in [-0.2, 0) is 9.53 Å². The van der Waals surface area contributed by atoms with Gasteiger partial charge in [0.2, 0.25) is 5.78 Å². The zero-order valence-corrected chi connectivity index (χ0v) is 16.0. The minimum Gasteiger partial charge on any atom is -0.503 e. The van der Waals surface area contributed by atoms with Gasteiger partial charge in [-0.15, -0.1) is 0 Å². The summed E-state index contributed by atoms with van der Waals surface area (Å²) in [6.45, 7) is 4.73. The maximum Gasteiger partial charge on any atom is 0.290 e. The number of ether oxygens (including phenoxy) is 1. The number of aliphatic hydroxyl groups is 1. The van der Waals surface area contributed by atoms with E-state index < -0.39 is 23.5 Å². The first-order valence-corrected chi connectivity index (χ1v) is 9.80. The Kier molecular flexibility index (Phi) is 5.73. The lowest BCUT2D eigenvalue weighted by Gasteiger charge is -2.28. The number of carbonyl (C=O) groups is 2. The van der Waals surface area contributed by atoms with Gasteiger partial charge in [0.05, 0.1) is 37.6 Å². The number of hydrogen-bond donors (Lipinski definition) is 2. The molecule has 1 amide bonds. The summed E-state index contributed by atoms with van der Waals surface area (Å²) in [4.78, 5) is 33.0. The van der Waals surface area contributed by atoms with Crippen LogP contribution in [0.25, 0.3) is 0 Å². The van der Waals surface area contributed by atoms with Gasteiger partial charge < -0.3 is 24.1 Å². The van der Waals surface area contributed by atoms with Crippen LogP contribution < -0.4 is 4.90 Å². The van der Waals surface area contributed by atoms with Gasteiger partial charge in [0, 0.05) is 25.4 Å². The molecule has 8 nitrogen and oxygen atoms in total. The Morgan fingerprint density at radius 1 is 1.28 bits per heavy atom. The number of pyridine rings is 1. The molecule has 29 heavy (non-hydrogen) atoms. The number of aliphatic hydroxyl groups excluding tert-OH is 1. The van der Waals surface area contributed by atoms with E-state index in [0.29, 0.717) is 12.1 Å². The molecule has 2 N–H and O–H groups in total. The molecule has 8 heteroatoms. The number of morpholine rings is 1. The highest BCUT2D eigenvalue weighted by Crippen LogP contribution is 2.38. The van der Waals surface area contributed by atoms with Crippen molar-refractivity contribution >= 4 is 11.7 Å². The minimum absolute atomic E-state index is 0.0386. The fourth-order valence-electron chi connectivity index (χ4n) is 3.95. The van der Waals surface area contributed by atoms with Crippen molar-refractivity contribution in [1.82, 2.24) is 9.88 Å². The van der Waals surface area contributed by atoms with E-state index in [-0.39, 0.29) is 11.3 Å². The normalized spacial score (nSPS) is 20.5. The van der Waals surface area contributed by atoms with Gasteiger partial charge in [-0.1, -0.05) is 6.07 Å². The summed E-state index contributed by atoms with van der Waals surface area (Å²) in [6, 6.07) is 5.99. The molecule has 0 bridgehead atoms. The molecule has 0 aromatic carbocycles. The first-order chi connectivity index (χ1) is 14.2. The van der Waals surface area contributed by atoms with Gasteiger partial charge >= 0.3 is 0 Å². The molecule has 0 unspecified atom stereocenters. The van der Waals surface area contributed by atoms with Crippen LogP contribution in [-0.4, -0.2) is 66.1 Å². The number of quaternary nitrogens is 1. The summed E-state index contributed by atoms with van der Waals surface area (Å²) < 4.78 is 10.6. The molecule has 0 saturated carbocycles. The average molecular weight is 398 g/mol. The highest BCUT2D eigenvalue weighted by atomic mass is 16.5. The van der Waals surface area contributed by atoms with Crippen molar-refractivity contribution in [2.24, 2.45) is 0 Å². The fourth-order valence-corrected chi connectivity index (χ4v) is 3.95. The Labute approximate surface area is 168 Å². The largest absolute Gasteiger partial charge is 0.503 e. The second-order valence-electron chi connectivity index (χ2n) is 7.22. The number of rotatable bonds is 7. The van der Waals surface area contributed by atoms with E-state index in [9.17, 15) is 14.7 Å². The van der Waals surface area contributed by atoms with E-state index in [1.807, 2.05) is 0 Å². The van der Waals surface area contributed by atoms with Crippen LogP contribution in [0.5, 0.6) is 0 Å². The van der Waals surface area contributed by atoms with Crippen molar-refractivity contribution in [3.63, 3.8) is 0 Å². The van der Waals surface area contributed by atoms with Gasteiger partial charge in [-0.05, 0) is 23.8 Å². The topological polar surface area (TPSA) is 97.3 Å². The molecule has 0 aliphatic carbocycles. The van der Waals surface area contributed by atoms with E-state index in [4.69, 9.17) is 9.15 Å². The number of furan rings is 1. The van der Waals surface area contributed by atoms with Crippen molar-refractivity contribution in [2.45, 2.75) is 12.5 Å². The summed E-state index contributed by atoms with van der Waals surface area (Å²) in [7, 11) is 0. The third-order valence-electron chi connectivity index (χ3n) is 5.42. The maximum absolute atomic E-state index is 13.0. The molecule has 1 fully saturated rings. The number of carbonyl (C=O) groups excluding carboxylic acids is 2. The third kappa shape index (κ3) is 3.94. The maximum atomic E-state index is 13.0. The lowest BCUT2D eigenvalue weighted by molar-refractivity contribution is -0.908. The monoisotopic (exact) mass is 398 g/mol. The second kappa shape index (κ2) is 8.59. The van der Waals surface area contributed by atoms with E-state index >= 15 is 0 Å². The van der Waals surface area contributed by atoms with E-state index in [1.54, 1.807) is 35.5 Å². The first kappa shape index (κ1) is 19.4. The number of Topliss-reactive ketones (excluding diaryl/α,β-unsaturated/α-hetero) is 1. The Hall–Kier alpha value is -2.97. The van der Waals surface area contributed by atoms with Crippen molar-refractivity contribution in [1.29, 1.82) is 0 Å². The van der Waals surface area contributed by atoms with Crippen LogP contribution in [0.2, 0.25) is 0 Å². The minimum atomic E-state index is -0.687. The molecule has 0 radical (unpaired) electrons. The van der Waals surface area contributed by atoms with Crippen LogP contribution in [0.1, 0.15) is 28.6 Å². The lowest BCUT2D eigenvalue weighted by Crippen LogP contribution is -3.14. The second-order valence-corrected chi connectivity index (χ2v) is 7.22. The molecule has 1 saturated heterocycles. The number of amides is 1. The smallest absolute Gasteiger partial charge is 0.290 e. The summed E-state index contributed by atoms with van der Waals surface area (Å²) in [5, 5.41) is 10.6. The van der Waals surface area contributed by atoms with Gasteiger partial charge in [0.25, 0.3) is 5.91 Å². The molecule has 1 atom stereocenters. The Morgan fingerprint density at radius 3 is 2.79 bits per heavy atom. The zero-order valence-electron chi connectivity index (χ0n) is 16.0. The Morgan fingerprint density at radius 2 is 2.10 bits per heavy atom. The van der Waals surface area contributed by atoms with Crippen LogP contribution >= 0.6 is 0 Å². The molecular weight excluding hydrogens is 374 g/mol. The molecule has 0 spiro atoms. The number of hydrogen-bond acceptors (Lipinski definition) is 6. The van der Waals surface area contributed by atoms with Crippen molar-refractivity contribution < 1.29 is 28.7 Å². The van der Waals surface area contributed by atoms with E-state index in [1.165, 1.54) is 17.2 Å². The van der Waals surface area contributed by atoms with Gasteiger partial charge in [0.15, 0.2) is 11.5 Å². The number of nitrogens with one attached hydrogen (secondary N) is 1. The predicted molar refractivity (Wildman–Crippen MR) is 102 cm³/mol. The number of ketones is 1. The van der Waals surface area contributed by atoms with Crippen LogP contribution in [0.4, 0.5) is 0 Å². The summed E-state index contributed by atoms with van der Waals surface area (Å²) >= 11 is 0. The third-order valence-corrected chi connectivity index (χ3v) is 5.42. The molecular formula is C21H24N3O5+. The fraction of sp³-hybridized carbons (Fsp3) is 0.381. The lowest BCUT2D eigenvalue weighted by atomic mass is 9.96.